The largest absolute Gasteiger partial charge is 0.496 e. The highest BCUT2D eigenvalue weighted by molar-refractivity contribution is 8.00. The van der Waals surface area contributed by atoms with E-state index in [-0.39, 0.29) is 6.09 Å². The van der Waals surface area contributed by atoms with Crippen molar-refractivity contribution in [3.05, 3.63) is 24.4 Å². The molecule has 0 radical (unpaired) electrons. The number of fused-ring (bicyclic) bond motifs is 1. The third kappa shape index (κ3) is 3.42. The van der Waals surface area contributed by atoms with E-state index in [0.717, 1.165) is 21.5 Å². The number of hydrogen-bond donors (Lipinski definition) is 1. The lowest BCUT2D eigenvalue weighted by molar-refractivity contribution is 0.0144. The van der Waals surface area contributed by atoms with Crippen LogP contribution < -0.4 is 4.74 Å². The number of ether oxygens (including phenoxy) is 2. The molecule has 0 atom stereocenters. The van der Waals surface area contributed by atoms with Gasteiger partial charge in [0.1, 0.15) is 11.4 Å². The SMILES string of the molecule is COc1cccc2[nH]cc(SC3CN(C(=O)OC(C)(C)C)C3)c12. The molecule has 1 amide bonds. The van der Waals surface area contributed by atoms with Gasteiger partial charge in [-0.3, -0.25) is 0 Å². The van der Waals surface area contributed by atoms with Crippen molar-refractivity contribution in [2.75, 3.05) is 20.2 Å². The number of nitrogens with zero attached hydrogens (tertiary/aromatic N) is 1. The van der Waals surface area contributed by atoms with Gasteiger partial charge in [0.2, 0.25) is 0 Å². The van der Waals surface area contributed by atoms with Gasteiger partial charge in [-0.25, -0.2) is 4.79 Å². The van der Waals surface area contributed by atoms with Gasteiger partial charge in [-0.15, -0.1) is 11.8 Å². The third-order valence-electron chi connectivity index (χ3n) is 3.64. The Kier molecular flexibility index (Phi) is 4.19. The standard InChI is InChI=1S/C17H22N2O3S/c1-17(2,3)22-16(20)19-9-11(10-19)23-14-8-18-12-6-5-7-13(21-4)15(12)14/h5-8,11,18H,9-10H2,1-4H3. The van der Waals surface area contributed by atoms with Crippen molar-refractivity contribution in [2.45, 2.75) is 36.5 Å². The zero-order valence-electron chi connectivity index (χ0n) is 13.9. The molecule has 23 heavy (non-hydrogen) atoms. The summed E-state index contributed by atoms with van der Waals surface area (Å²) in [6, 6.07) is 5.98. The van der Waals surface area contributed by atoms with Crippen LogP contribution in [0, 0.1) is 0 Å². The molecule has 1 aliphatic rings. The fraction of sp³-hybridized carbons (Fsp3) is 0.471. The second-order valence-electron chi connectivity index (χ2n) is 6.66. The third-order valence-corrected chi connectivity index (χ3v) is 4.85. The van der Waals surface area contributed by atoms with Crippen molar-refractivity contribution in [2.24, 2.45) is 0 Å². The number of aromatic amines is 1. The predicted octanol–water partition coefficient (Wildman–Crippen LogP) is 3.89. The molecule has 0 aliphatic carbocycles. The van der Waals surface area contributed by atoms with Crippen molar-refractivity contribution >= 4 is 28.8 Å². The number of H-pyrrole nitrogens is 1. The van der Waals surface area contributed by atoms with Crippen LogP contribution in [-0.2, 0) is 4.74 Å². The highest BCUT2D eigenvalue weighted by Crippen LogP contribution is 2.39. The lowest BCUT2D eigenvalue weighted by Gasteiger charge is -2.39. The molecule has 0 spiro atoms. The van der Waals surface area contributed by atoms with E-state index >= 15 is 0 Å². The molecule has 0 unspecified atom stereocenters. The first kappa shape index (κ1) is 16.1. The van der Waals surface area contributed by atoms with Crippen LogP contribution in [0.1, 0.15) is 20.8 Å². The second-order valence-corrected chi connectivity index (χ2v) is 8.00. The van der Waals surface area contributed by atoms with E-state index in [1.807, 2.05) is 45.2 Å². The number of carbonyl (C=O) groups excluding carboxylic acids is 1. The predicted molar refractivity (Wildman–Crippen MR) is 92.3 cm³/mol. The number of hydrogen-bond acceptors (Lipinski definition) is 4. The summed E-state index contributed by atoms with van der Waals surface area (Å²) in [5, 5.41) is 1.49. The van der Waals surface area contributed by atoms with E-state index in [1.54, 1.807) is 23.8 Å². The molecular formula is C17H22N2O3S. The molecule has 2 aromatic rings. The molecule has 0 bridgehead atoms. The smallest absolute Gasteiger partial charge is 0.410 e. The molecule has 0 saturated carbocycles. The van der Waals surface area contributed by atoms with Crippen molar-refractivity contribution in [1.82, 2.24) is 9.88 Å². The van der Waals surface area contributed by atoms with Crippen molar-refractivity contribution in [3.63, 3.8) is 0 Å². The van der Waals surface area contributed by atoms with Crippen LogP contribution in [0.2, 0.25) is 0 Å². The first-order valence-corrected chi connectivity index (χ1v) is 8.54. The van der Waals surface area contributed by atoms with Gasteiger partial charge in [0.15, 0.2) is 0 Å². The Hall–Kier alpha value is -1.82. The van der Waals surface area contributed by atoms with Crippen LogP contribution in [-0.4, -0.2) is 47.0 Å². The molecule has 1 aromatic carbocycles. The normalized spacial score (nSPS) is 15.6. The summed E-state index contributed by atoms with van der Waals surface area (Å²) in [7, 11) is 1.68. The number of carbonyl (C=O) groups is 1. The number of thioether (sulfide) groups is 1. The Morgan fingerprint density at radius 3 is 2.74 bits per heavy atom. The summed E-state index contributed by atoms with van der Waals surface area (Å²) >= 11 is 1.77. The lowest BCUT2D eigenvalue weighted by Crippen LogP contribution is -2.53. The molecule has 124 valence electrons. The fourth-order valence-corrected chi connectivity index (χ4v) is 3.88. The molecule has 1 aliphatic heterocycles. The van der Waals surface area contributed by atoms with Crippen LogP contribution in [0.15, 0.2) is 29.3 Å². The topological polar surface area (TPSA) is 54.6 Å². The monoisotopic (exact) mass is 334 g/mol. The zero-order valence-corrected chi connectivity index (χ0v) is 14.7. The van der Waals surface area contributed by atoms with Gasteiger partial charge in [0.25, 0.3) is 0 Å². The molecule has 1 saturated heterocycles. The number of likely N-dealkylation sites (tertiary alicyclic amines) is 1. The number of methoxy groups -OCH3 is 1. The quantitative estimate of drug-likeness (QED) is 0.925. The lowest BCUT2D eigenvalue weighted by atomic mass is 10.2. The van der Waals surface area contributed by atoms with Crippen LogP contribution in [0.3, 0.4) is 0 Å². The number of rotatable bonds is 3. The first-order valence-electron chi connectivity index (χ1n) is 7.66. The Morgan fingerprint density at radius 2 is 2.09 bits per heavy atom. The maximum atomic E-state index is 12.0. The molecular weight excluding hydrogens is 312 g/mol. The van der Waals surface area contributed by atoms with Gasteiger partial charge in [-0.1, -0.05) is 6.07 Å². The fourth-order valence-electron chi connectivity index (χ4n) is 2.55. The highest BCUT2D eigenvalue weighted by Gasteiger charge is 2.34. The van der Waals surface area contributed by atoms with Crippen LogP contribution in [0.25, 0.3) is 10.9 Å². The number of aromatic nitrogens is 1. The van der Waals surface area contributed by atoms with Crippen molar-refractivity contribution in [3.8, 4) is 5.75 Å². The van der Waals surface area contributed by atoms with Crippen LogP contribution in [0.5, 0.6) is 5.75 Å². The summed E-state index contributed by atoms with van der Waals surface area (Å²) in [6.45, 7) is 7.07. The minimum Gasteiger partial charge on any atom is -0.496 e. The average molecular weight is 334 g/mol. The van der Waals surface area contributed by atoms with Gasteiger partial charge >= 0.3 is 6.09 Å². The maximum Gasteiger partial charge on any atom is 0.410 e. The number of amides is 1. The molecule has 5 nitrogen and oxygen atoms in total. The van der Waals surface area contributed by atoms with Crippen molar-refractivity contribution < 1.29 is 14.3 Å². The summed E-state index contributed by atoms with van der Waals surface area (Å²) in [5.74, 6) is 0.870. The van der Waals surface area contributed by atoms with Gasteiger partial charge in [-0.2, -0.15) is 0 Å². The average Bonchev–Trinajstić information content (AvgIpc) is 2.83. The summed E-state index contributed by atoms with van der Waals surface area (Å²) in [5.41, 5.74) is 0.620. The van der Waals surface area contributed by atoms with Gasteiger partial charge < -0.3 is 19.4 Å². The Morgan fingerprint density at radius 1 is 1.35 bits per heavy atom. The molecule has 2 heterocycles. The number of benzene rings is 1. The summed E-state index contributed by atoms with van der Waals surface area (Å²) in [4.78, 5) is 18.1. The summed E-state index contributed by atoms with van der Waals surface area (Å²) < 4.78 is 10.8. The molecule has 6 heteroatoms. The highest BCUT2D eigenvalue weighted by atomic mass is 32.2. The second kappa shape index (κ2) is 6.00. The van der Waals surface area contributed by atoms with E-state index in [0.29, 0.717) is 18.3 Å². The Balaban J connectivity index is 1.64. The van der Waals surface area contributed by atoms with E-state index in [1.165, 1.54) is 0 Å². The van der Waals surface area contributed by atoms with Crippen LogP contribution >= 0.6 is 11.8 Å². The molecule has 1 fully saturated rings. The zero-order chi connectivity index (χ0) is 16.6. The molecule has 3 rings (SSSR count). The Labute approximate surface area is 140 Å². The Bertz CT molecular complexity index is 714. The van der Waals surface area contributed by atoms with E-state index in [4.69, 9.17) is 9.47 Å². The minimum atomic E-state index is -0.445. The van der Waals surface area contributed by atoms with E-state index in [2.05, 4.69) is 4.98 Å². The maximum absolute atomic E-state index is 12.0. The summed E-state index contributed by atoms with van der Waals surface area (Å²) in [6.07, 6.45) is 1.78. The molecule has 1 N–H and O–H groups in total. The van der Waals surface area contributed by atoms with E-state index in [9.17, 15) is 4.79 Å². The van der Waals surface area contributed by atoms with Gasteiger partial charge in [0.05, 0.1) is 18.0 Å². The van der Waals surface area contributed by atoms with Gasteiger partial charge in [0, 0.05) is 29.4 Å². The number of nitrogens with one attached hydrogen (secondary N) is 1. The molecule has 1 aromatic heterocycles. The minimum absolute atomic E-state index is 0.231. The van der Waals surface area contributed by atoms with Crippen LogP contribution in [0.4, 0.5) is 4.79 Å². The first-order chi connectivity index (χ1) is 10.9. The van der Waals surface area contributed by atoms with E-state index < -0.39 is 5.60 Å². The van der Waals surface area contributed by atoms with Gasteiger partial charge in [-0.05, 0) is 32.9 Å². The van der Waals surface area contributed by atoms with Crippen molar-refractivity contribution in [1.29, 1.82) is 0 Å².